The second kappa shape index (κ2) is 8.65. The number of sulfonamides is 1. The van der Waals surface area contributed by atoms with Gasteiger partial charge in [-0.05, 0) is 31.2 Å². The molecule has 0 aromatic heterocycles. The minimum atomic E-state index is -4.59. The minimum absolute atomic E-state index is 0.0983. The molecule has 0 saturated carbocycles. The second-order valence-electron chi connectivity index (χ2n) is 6.88. The Bertz CT molecular complexity index is 999. The van der Waals surface area contributed by atoms with Crippen LogP contribution in [0.25, 0.3) is 0 Å². The van der Waals surface area contributed by atoms with Crippen LogP contribution in [0.4, 0.5) is 13.2 Å². The maximum atomic E-state index is 13.0. The summed E-state index contributed by atoms with van der Waals surface area (Å²) < 4.78 is 70.8. The number of para-hydroxylation sites is 1. The molecular weight excluding hydrogens is 421 g/mol. The third-order valence-electron chi connectivity index (χ3n) is 4.79. The molecular formula is C20H21F3N2O4S. The minimum Gasteiger partial charge on any atom is -0.483 e. The van der Waals surface area contributed by atoms with Crippen molar-refractivity contribution < 1.29 is 31.1 Å². The number of aryl methyl sites for hydroxylation is 1. The van der Waals surface area contributed by atoms with Crippen LogP contribution in [0.5, 0.6) is 5.75 Å². The summed E-state index contributed by atoms with van der Waals surface area (Å²) in [7, 11) is -3.67. The zero-order chi connectivity index (χ0) is 21.9. The van der Waals surface area contributed by atoms with Crippen molar-refractivity contribution in [2.75, 3.05) is 32.8 Å². The number of piperazine rings is 1. The number of carbonyl (C=O) groups is 1. The van der Waals surface area contributed by atoms with Gasteiger partial charge in [0.25, 0.3) is 5.91 Å². The van der Waals surface area contributed by atoms with Gasteiger partial charge in [-0.2, -0.15) is 17.5 Å². The van der Waals surface area contributed by atoms with Crippen LogP contribution in [0.3, 0.4) is 0 Å². The fraction of sp³-hybridized carbons (Fsp3) is 0.350. The topological polar surface area (TPSA) is 66.9 Å². The molecule has 3 rings (SSSR count). The summed E-state index contributed by atoms with van der Waals surface area (Å²) in [6, 6.07) is 11.2. The maximum Gasteiger partial charge on any atom is 0.419 e. The molecule has 162 valence electrons. The van der Waals surface area contributed by atoms with Crippen LogP contribution in [0.15, 0.2) is 53.4 Å². The van der Waals surface area contributed by atoms with Gasteiger partial charge in [0.1, 0.15) is 5.75 Å². The molecule has 0 aliphatic carbocycles. The number of rotatable bonds is 5. The predicted octanol–water partition coefficient (Wildman–Crippen LogP) is 2.93. The Kier molecular flexibility index (Phi) is 6.37. The molecule has 1 fully saturated rings. The zero-order valence-corrected chi connectivity index (χ0v) is 17.0. The molecule has 0 atom stereocenters. The molecule has 1 amide bonds. The van der Waals surface area contributed by atoms with E-state index in [1.165, 1.54) is 33.5 Å². The van der Waals surface area contributed by atoms with Gasteiger partial charge in [0.05, 0.1) is 10.5 Å². The Hall–Kier alpha value is -2.59. The van der Waals surface area contributed by atoms with Crippen LogP contribution in [0, 0.1) is 6.92 Å². The van der Waals surface area contributed by atoms with E-state index in [1.54, 1.807) is 12.1 Å². The number of hydrogen-bond donors (Lipinski definition) is 0. The van der Waals surface area contributed by atoms with E-state index >= 15 is 0 Å². The summed E-state index contributed by atoms with van der Waals surface area (Å²) in [5.41, 5.74) is -0.0109. The Balaban J connectivity index is 1.58. The van der Waals surface area contributed by atoms with Gasteiger partial charge in [-0.15, -0.1) is 0 Å². The van der Waals surface area contributed by atoms with Crippen molar-refractivity contribution in [1.82, 2.24) is 9.21 Å². The van der Waals surface area contributed by atoms with Crippen molar-refractivity contribution in [3.63, 3.8) is 0 Å². The highest BCUT2D eigenvalue weighted by Crippen LogP contribution is 2.35. The first-order chi connectivity index (χ1) is 14.1. The van der Waals surface area contributed by atoms with E-state index in [2.05, 4.69) is 0 Å². The molecule has 10 heteroatoms. The van der Waals surface area contributed by atoms with Gasteiger partial charge in [-0.3, -0.25) is 4.79 Å². The quantitative estimate of drug-likeness (QED) is 0.714. The Morgan fingerprint density at radius 2 is 1.60 bits per heavy atom. The average Bonchev–Trinajstić information content (AvgIpc) is 2.72. The maximum absolute atomic E-state index is 13.0. The van der Waals surface area contributed by atoms with E-state index < -0.39 is 40.0 Å². The van der Waals surface area contributed by atoms with Crippen LogP contribution in [0.2, 0.25) is 0 Å². The lowest BCUT2D eigenvalue weighted by molar-refractivity contribution is -0.141. The summed E-state index contributed by atoms with van der Waals surface area (Å²) in [6.07, 6.45) is -4.59. The first-order valence-corrected chi connectivity index (χ1v) is 10.7. The van der Waals surface area contributed by atoms with E-state index in [9.17, 15) is 26.4 Å². The molecule has 0 unspecified atom stereocenters. The lowest BCUT2D eigenvalue weighted by Crippen LogP contribution is -2.51. The van der Waals surface area contributed by atoms with E-state index in [4.69, 9.17) is 4.74 Å². The number of hydrogen-bond acceptors (Lipinski definition) is 4. The monoisotopic (exact) mass is 442 g/mol. The fourth-order valence-corrected chi connectivity index (χ4v) is 4.52. The standard InChI is InChI=1S/C20H21F3N2O4S/c1-15-6-8-16(9-7-15)30(27,28)25-12-10-24(11-13-25)19(26)14-29-18-5-3-2-4-17(18)20(21,22)23/h2-9H,10-14H2,1H3. The zero-order valence-electron chi connectivity index (χ0n) is 16.2. The number of alkyl halides is 3. The highest BCUT2D eigenvalue weighted by Gasteiger charge is 2.34. The molecule has 0 radical (unpaired) electrons. The van der Waals surface area contributed by atoms with Crippen LogP contribution in [-0.4, -0.2) is 56.3 Å². The number of halogens is 3. The number of nitrogens with zero attached hydrogens (tertiary/aromatic N) is 2. The molecule has 0 bridgehead atoms. The molecule has 2 aromatic rings. The van der Waals surface area contributed by atoms with Crippen molar-refractivity contribution in [3.8, 4) is 5.75 Å². The van der Waals surface area contributed by atoms with E-state index in [-0.39, 0.29) is 31.1 Å². The first kappa shape index (κ1) is 22.1. The average molecular weight is 442 g/mol. The van der Waals surface area contributed by atoms with Crippen molar-refractivity contribution >= 4 is 15.9 Å². The molecule has 1 heterocycles. The smallest absolute Gasteiger partial charge is 0.419 e. The molecule has 0 spiro atoms. The predicted molar refractivity (Wildman–Crippen MR) is 103 cm³/mol. The van der Waals surface area contributed by atoms with Crippen molar-refractivity contribution in [3.05, 3.63) is 59.7 Å². The molecule has 30 heavy (non-hydrogen) atoms. The second-order valence-corrected chi connectivity index (χ2v) is 8.82. The van der Waals surface area contributed by atoms with Gasteiger partial charge in [0.2, 0.25) is 10.0 Å². The van der Waals surface area contributed by atoms with Gasteiger partial charge in [0.15, 0.2) is 6.61 Å². The van der Waals surface area contributed by atoms with E-state index in [0.717, 1.165) is 17.7 Å². The summed E-state index contributed by atoms with van der Waals surface area (Å²) in [6.45, 7) is 1.76. The third kappa shape index (κ3) is 4.93. The van der Waals surface area contributed by atoms with E-state index in [0.29, 0.717) is 0 Å². The van der Waals surface area contributed by atoms with Crippen molar-refractivity contribution in [2.45, 2.75) is 18.0 Å². The Labute approximate surface area is 172 Å². The number of ether oxygens (including phenoxy) is 1. The van der Waals surface area contributed by atoms with E-state index in [1.807, 2.05) is 6.92 Å². The van der Waals surface area contributed by atoms with Crippen LogP contribution in [-0.2, 0) is 21.0 Å². The molecule has 2 aromatic carbocycles. The summed E-state index contributed by atoms with van der Waals surface area (Å²) in [4.78, 5) is 13.9. The molecule has 1 saturated heterocycles. The number of carbonyl (C=O) groups excluding carboxylic acids is 1. The largest absolute Gasteiger partial charge is 0.483 e. The lowest BCUT2D eigenvalue weighted by Gasteiger charge is -2.34. The lowest BCUT2D eigenvalue weighted by atomic mass is 10.2. The van der Waals surface area contributed by atoms with Gasteiger partial charge < -0.3 is 9.64 Å². The normalized spacial score (nSPS) is 15.8. The van der Waals surface area contributed by atoms with Crippen molar-refractivity contribution in [2.24, 2.45) is 0 Å². The van der Waals surface area contributed by atoms with Gasteiger partial charge in [-0.1, -0.05) is 29.8 Å². The first-order valence-electron chi connectivity index (χ1n) is 9.22. The Morgan fingerprint density at radius 3 is 2.20 bits per heavy atom. The van der Waals surface area contributed by atoms with Gasteiger partial charge >= 0.3 is 6.18 Å². The number of amides is 1. The third-order valence-corrected chi connectivity index (χ3v) is 6.71. The SMILES string of the molecule is Cc1ccc(S(=O)(=O)N2CCN(C(=O)COc3ccccc3C(F)(F)F)CC2)cc1. The highest BCUT2D eigenvalue weighted by molar-refractivity contribution is 7.89. The summed E-state index contributed by atoms with van der Waals surface area (Å²) in [5.74, 6) is -0.918. The fourth-order valence-electron chi connectivity index (χ4n) is 3.09. The summed E-state index contributed by atoms with van der Waals surface area (Å²) >= 11 is 0. The van der Waals surface area contributed by atoms with Crippen LogP contribution in [0.1, 0.15) is 11.1 Å². The van der Waals surface area contributed by atoms with Gasteiger partial charge in [-0.25, -0.2) is 8.42 Å². The van der Waals surface area contributed by atoms with Crippen LogP contribution < -0.4 is 4.74 Å². The molecule has 0 N–H and O–H groups in total. The highest BCUT2D eigenvalue weighted by atomic mass is 32.2. The van der Waals surface area contributed by atoms with Crippen LogP contribution >= 0.6 is 0 Å². The van der Waals surface area contributed by atoms with Gasteiger partial charge in [0, 0.05) is 26.2 Å². The molecule has 1 aliphatic heterocycles. The van der Waals surface area contributed by atoms with Crippen molar-refractivity contribution in [1.29, 1.82) is 0 Å². The summed E-state index contributed by atoms with van der Waals surface area (Å²) in [5, 5.41) is 0. The molecule has 6 nitrogen and oxygen atoms in total. The number of benzene rings is 2. The Morgan fingerprint density at radius 1 is 1.00 bits per heavy atom. The molecule has 1 aliphatic rings.